The molecule has 9 heteroatoms. The minimum Gasteiger partial charge on any atom is -0.454 e. The maximum absolute atomic E-state index is 12.6. The Balaban J connectivity index is 1.58. The van der Waals surface area contributed by atoms with Crippen LogP contribution in [-0.2, 0) is 11.3 Å². The lowest BCUT2D eigenvalue weighted by Crippen LogP contribution is -2.27. The van der Waals surface area contributed by atoms with E-state index < -0.39 is 16.1 Å². The summed E-state index contributed by atoms with van der Waals surface area (Å²) in [6, 6.07) is 11.2. The van der Waals surface area contributed by atoms with Gasteiger partial charge >= 0.3 is 0 Å². The standard InChI is InChI=1S/C18H12N2O6S/c21-17-16(8-11-5-6-14-15(7-11)26-10-25-14)27-18(22)19(17)9-12-3-1-2-4-13(12)20(23)24/h1-8H,9-10H2/b16-8+. The largest absolute Gasteiger partial charge is 0.454 e. The lowest BCUT2D eigenvalue weighted by Gasteiger charge is -2.12. The monoisotopic (exact) mass is 384 g/mol. The minimum atomic E-state index is -0.531. The lowest BCUT2D eigenvalue weighted by atomic mass is 10.1. The first kappa shape index (κ1) is 17.1. The number of rotatable bonds is 4. The summed E-state index contributed by atoms with van der Waals surface area (Å²) in [6.45, 7) is -0.00848. The van der Waals surface area contributed by atoms with Gasteiger partial charge in [0.2, 0.25) is 6.79 Å². The highest BCUT2D eigenvalue weighted by molar-refractivity contribution is 8.18. The highest BCUT2D eigenvalue weighted by atomic mass is 32.2. The van der Waals surface area contributed by atoms with Crippen LogP contribution in [0.4, 0.5) is 10.5 Å². The van der Waals surface area contributed by atoms with Crippen molar-refractivity contribution in [3.8, 4) is 11.5 Å². The summed E-state index contributed by atoms with van der Waals surface area (Å²) in [7, 11) is 0. The van der Waals surface area contributed by atoms with Gasteiger partial charge in [-0.15, -0.1) is 0 Å². The molecule has 2 aliphatic rings. The Morgan fingerprint density at radius 2 is 1.93 bits per heavy atom. The number of carbonyl (C=O) groups is 2. The molecule has 136 valence electrons. The van der Waals surface area contributed by atoms with Crippen LogP contribution >= 0.6 is 11.8 Å². The van der Waals surface area contributed by atoms with E-state index in [1.54, 1.807) is 30.3 Å². The molecular weight excluding hydrogens is 372 g/mol. The van der Waals surface area contributed by atoms with Gasteiger partial charge in [0.1, 0.15) is 0 Å². The van der Waals surface area contributed by atoms with Crippen LogP contribution in [0, 0.1) is 10.1 Å². The van der Waals surface area contributed by atoms with E-state index in [1.807, 2.05) is 0 Å². The number of ether oxygens (including phenoxy) is 2. The number of nitrogens with zero attached hydrogens (tertiary/aromatic N) is 2. The van der Waals surface area contributed by atoms with Crippen LogP contribution in [0.2, 0.25) is 0 Å². The van der Waals surface area contributed by atoms with Gasteiger partial charge in [-0.25, -0.2) is 0 Å². The molecule has 0 saturated carbocycles. The topological polar surface area (TPSA) is 99.0 Å². The van der Waals surface area contributed by atoms with Crippen LogP contribution in [0.1, 0.15) is 11.1 Å². The molecule has 0 atom stereocenters. The average Bonchev–Trinajstić information content (AvgIpc) is 3.22. The van der Waals surface area contributed by atoms with Gasteiger partial charge in [-0.2, -0.15) is 0 Å². The number of nitro benzene ring substituents is 1. The molecule has 2 heterocycles. The molecule has 0 spiro atoms. The van der Waals surface area contributed by atoms with Crippen molar-refractivity contribution >= 4 is 34.7 Å². The number of fused-ring (bicyclic) bond motifs is 1. The number of thioether (sulfide) groups is 1. The van der Waals surface area contributed by atoms with Gasteiger partial charge < -0.3 is 9.47 Å². The lowest BCUT2D eigenvalue weighted by molar-refractivity contribution is -0.385. The van der Waals surface area contributed by atoms with Gasteiger partial charge in [0.05, 0.1) is 16.4 Å². The maximum atomic E-state index is 12.6. The van der Waals surface area contributed by atoms with E-state index in [0.29, 0.717) is 22.6 Å². The normalized spacial score (nSPS) is 17.0. The summed E-state index contributed by atoms with van der Waals surface area (Å²) in [5.41, 5.74) is 0.862. The summed E-state index contributed by atoms with van der Waals surface area (Å²) in [5.74, 6) is 0.709. The zero-order valence-electron chi connectivity index (χ0n) is 13.8. The molecule has 8 nitrogen and oxygen atoms in total. The van der Waals surface area contributed by atoms with Crippen LogP contribution in [0.3, 0.4) is 0 Å². The number of para-hydroxylation sites is 1. The van der Waals surface area contributed by atoms with Crippen LogP contribution < -0.4 is 9.47 Å². The molecule has 2 amide bonds. The summed E-state index contributed by atoms with van der Waals surface area (Å²) < 4.78 is 10.5. The third-order valence-corrected chi connectivity index (χ3v) is 4.99. The smallest absolute Gasteiger partial charge is 0.293 e. The average molecular weight is 384 g/mol. The molecule has 1 saturated heterocycles. The zero-order valence-corrected chi connectivity index (χ0v) is 14.6. The number of carbonyl (C=O) groups excluding carboxylic acids is 2. The van der Waals surface area contributed by atoms with E-state index in [-0.39, 0.29) is 23.9 Å². The first-order valence-corrected chi connectivity index (χ1v) is 8.72. The van der Waals surface area contributed by atoms with E-state index in [0.717, 1.165) is 16.7 Å². The van der Waals surface area contributed by atoms with Crippen molar-refractivity contribution in [1.29, 1.82) is 0 Å². The zero-order chi connectivity index (χ0) is 19.0. The molecule has 1 fully saturated rings. The summed E-state index contributed by atoms with van der Waals surface area (Å²) in [4.78, 5) is 36.8. The first-order valence-electron chi connectivity index (χ1n) is 7.90. The van der Waals surface area contributed by atoms with Crippen molar-refractivity contribution in [1.82, 2.24) is 4.90 Å². The van der Waals surface area contributed by atoms with Gasteiger partial charge in [0.15, 0.2) is 11.5 Å². The SMILES string of the molecule is O=C1S/C(=C/c2ccc3c(c2)OCO3)C(=O)N1Cc1ccccc1[N+](=O)[O-]. The highest BCUT2D eigenvalue weighted by Crippen LogP contribution is 2.37. The Hall–Kier alpha value is -3.33. The molecule has 4 rings (SSSR count). The Labute approximate surface area is 157 Å². The molecule has 0 unspecified atom stereocenters. The molecule has 0 radical (unpaired) electrons. The van der Waals surface area contributed by atoms with Crippen molar-refractivity contribution in [2.75, 3.05) is 6.79 Å². The second-order valence-electron chi connectivity index (χ2n) is 5.77. The van der Waals surface area contributed by atoms with Crippen molar-refractivity contribution in [3.63, 3.8) is 0 Å². The van der Waals surface area contributed by atoms with Crippen LogP contribution in [0.5, 0.6) is 11.5 Å². The Morgan fingerprint density at radius 3 is 2.74 bits per heavy atom. The van der Waals surface area contributed by atoms with E-state index in [2.05, 4.69) is 0 Å². The van der Waals surface area contributed by atoms with E-state index in [1.165, 1.54) is 18.2 Å². The molecule has 0 aromatic heterocycles. The molecule has 2 aromatic carbocycles. The van der Waals surface area contributed by atoms with Crippen molar-refractivity contribution < 1.29 is 24.0 Å². The van der Waals surface area contributed by atoms with Crippen molar-refractivity contribution in [2.45, 2.75) is 6.54 Å². The third-order valence-electron chi connectivity index (χ3n) is 4.08. The molecule has 2 aliphatic heterocycles. The quantitative estimate of drug-likeness (QED) is 0.451. The van der Waals surface area contributed by atoms with Crippen LogP contribution in [-0.4, -0.2) is 27.8 Å². The minimum absolute atomic E-state index is 0.128. The van der Waals surface area contributed by atoms with Gasteiger partial charge in [-0.05, 0) is 35.5 Å². The second kappa shape index (κ2) is 6.76. The number of benzene rings is 2. The summed E-state index contributed by atoms with van der Waals surface area (Å²) in [5, 5.41) is 10.7. The van der Waals surface area contributed by atoms with E-state index in [9.17, 15) is 19.7 Å². The molecule has 0 bridgehead atoms. The molecule has 0 N–H and O–H groups in total. The first-order chi connectivity index (χ1) is 13.0. The second-order valence-corrected chi connectivity index (χ2v) is 6.76. The fourth-order valence-corrected chi connectivity index (χ4v) is 3.62. The fourth-order valence-electron chi connectivity index (χ4n) is 2.78. The van der Waals surface area contributed by atoms with Crippen molar-refractivity contribution in [2.24, 2.45) is 0 Å². The van der Waals surface area contributed by atoms with Gasteiger partial charge in [-0.3, -0.25) is 24.6 Å². The summed E-state index contributed by atoms with van der Waals surface area (Å²) >= 11 is 0.800. The van der Waals surface area contributed by atoms with Crippen molar-refractivity contribution in [3.05, 3.63) is 68.6 Å². The fraction of sp³-hybridized carbons (Fsp3) is 0.111. The van der Waals surface area contributed by atoms with Gasteiger partial charge in [0.25, 0.3) is 16.8 Å². The van der Waals surface area contributed by atoms with E-state index in [4.69, 9.17) is 9.47 Å². The van der Waals surface area contributed by atoms with E-state index >= 15 is 0 Å². The third kappa shape index (κ3) is 3.24. The Bertz CT molecular complexity index is 1000. The Morgan fingerprint density at radius 1 is 1.15 bits per heavy atom. The predicted octanol–water partition coefficient (Wildman–Crippen LogP) is 3.56. The number of nitro groups is 1. The molecular formula is C18H12N2O6S. The van der Waals surface area contributed by atoms with Crippen LogP contribution in [0.25, 0.3) is 6.08 Å². The van der Waals surface area contributed by atoms with Gasteiger partial charge in [0, 0.05) is 11.6 Å². The number of amides is 2. The van der Waals surface area contributed by atoms with Crippen LogP contribution in [0.15, 0.2) is 47.4 Å². The number of imide groups is 1. The Kier molecular flexibility index (Phi) is 4.28. The maximum Gasteiger partial charge on any atom is 0.293 e. The molecule has 27 heavy (non-hydrogen) atoms. The number of hydrogen-bond acceptors (Lipinski definition) is 7. The van der Waals surface area contributed by atoms with Gasteiger partial charge in [-0.1, -0.05) is 24.3 Å². The predicted molar refractivity (Wildman–Crippen MR) is 97.2 cm³/mol. The molecule has 0 aliphatic carbocycles. The highest BCUT2D eigenvalue weighted by Gasteiger charge is 2.36. The number of hydrogen-bond donors (Lipinski definition) is 0. The summed E-state index contributed by atoms with van der Waals surface area (Å²) in [6.07, 6.45) is 1.59. The molecule has 2 aromatic rings.